The number of fused-ring (bicyclic) bond motifs is 1. The fourth-order valence-electron chi connectivity index (χ4n) is 3.88. The van der Waals surface area contributed by atoms with E-state index in [2.05, 4.69) is 29.7 Å². The molecule has 4 heteroatoms. The monoisotopic (exact) mass is 288 g/mol. The molecule has 0 saturated carbocycles. The molecule has 2 fully saturated rings. The van der Waals surface area contributed by atoms with Gasteiger partial charge in [0.05, 0.1) is 0 Å². The number of rotatable bonds is 3. The van der Waals surface area contributed by atoms with E-state index in [1.165, 1.54) is 49.3 Å². The number of nitrogens with two attached hydrogens (primary N) is 1. The number of anilines is 1. The lowest BCUT2D eigenvalue weighted by atomic mass is 9.96. The predicted molar refractivity (Wildman–Crippen MR) is 87.8 cm³/mol. The fraction of sp³-hybridized carbons (Fsp3) is 0.706. The Bertz CT molecular complexity index is 488. The molecule has 0 radical (unpaired) electrons. The summed E-state index contributed by atoms with van der Waals surface area (Å²) in [4.78, 5) is 9.97. The van der Waals surface area contributed by atoms with E-state index >= 15 is 0 Å². The minimum atomic E-state index is 0.547. The van der Waals surface area contributed by atoms with Crippen molar-refractivity contribution in [1.29, 1.82) is 0 Å². The third-order valence-electron chi connectivity index (χ3n) is 5.00. The molecule has 0 spiro atoms. The van der Waals surface area contributed by atoms with E-state index in [1.807, 2.05) is 6.20 Å². The zero-order valence-corrected chi connectivity index (χ0v) is 13.4. The van der Waals surface area contributed by atoms with Gasteiger partial charge < -0.3 is 10.6 Å². The summed E-state index contributed by atoms with van der Waals surface area (Å²) < 4.78 is 0. The van der Waals surface area contributed by atoms with Crippen LogP contribution in [0.5, 0.6) is 0 Å². The highest BCUT2D eigenvalue weighted by Crippen LogP contribution is 2.29. The first kappa shape index (κ1) is 14.8. The predicted octanol–water partition coefficient (Wildman–Crippen LogP) is 1.95. The Labute approximate surface area is 128 Å². The number of piperazine rings is 1. The van der Waals surface area contributed by atoms with Crippen molar-refractivity contribution in [1.82, 2.24) is 9.88 Å². The highest BCUT2D eigenvalue weighted by atomic mass is 15.3. The van der Waals surface area contributed by atoms with Crippen LogP contribution in [0.2, 0.25) is 0 Å². The maximum atomic E-state index is 5.64. The Hall–Kier alpha value is -1.13. The van der Waals surface area contributed by atoms with Gasteiger partial charge in [-0.3, -0.25) is 4.90 Å². The molecule has 2 atom stereocenters. The van der Waals surface area contributed by atoms with Crippen LogP contribution in [0.4, 0.5) is 5.82 Å². The minimum absolute atomic E-state index is 0.547. The van der Waals surface area contributed by atoms with Crippen molar-refractivity contribution >= 4 is 5.82 Å². The SMILES string of the molecule is Cc1cc(CCN)cnc1N1CC2CCCCN2CC1C. The molecule has 2 saturated heterocycles. The van der Waals surface area contributed by atoms with Gasteiger partial charge in [-0.2, -0.15) is 0 Å². The van der Waals surface area contributed by atoms with Gasteiger partial charge in [-0.25, -0.2) is 4.98 Å². The maximum Gasteiger partial charge on any atom is 0.131 e. The molecule has 2 N–H and O–H groups in total. The minimum Gasteiger partial charge on any atom is -0.351 e. The molecule has 0 bridgehead atoms. The van der Waals surface area contributed by atoms with E-state index in [4.69, 9.17) is 10.7 Å². The molecule has 2 aliphatic heterocycles. The number of hydrogen-bond acceptors (Lipinski definition) is 4. The van der Waals surface area contributed by atoms with Gasteiger partial charge >= 0.3 is 0 Å². The van der Waals surface area contributed by atoms with E-state index in [-0.39, 0.29) is 0 Å². The largest absolute Gasteiger partial charge is 0.351 e. The Morgan fingerprint density at radius 3 is 2.95 bits per heavy atom. The molecule has 2 aliphatic rings. The van der Waals surface area contributed by atoms with Gasteiger partial charge in [0.1, 0.15) is 5.82 Å². The van der Waals surface area contributed by atoms with Crippen molar-refractivity contribution in [3.63, 3.8) is 0 Å². The first-order valence-electron chi connectivity index (χ1n) is 8.35. The van der Waals surface area contributed by atoms with Crippen LogP contribution in [0.15, 0.2) is 12.3 Å². The van der Waals surface area contributed by atoms with E-state index in [0.717, 1.165) is 19.0 Å². The van der Waals surface area contributed by atoms with Crippen molar-refractivity contribution in [2.75, 3.05) is 31.1 Å². The highest BCUT2D eigenvalue weighted by molar-refractivity contribution is 5.49. The Morgan fingerprint density at radius 1 is 1.33 bits per heavy atom. The van der Waals surface area contributed by atoms with Crippen LogP contribution in [0.3, 0.4) is 0 Å². The summed E-state index contributed by atoms with van der Waals surface area (Å²) >= 11 is 0. The smallest absolute Gasteiger partial charge is 0.131 e. The van der Waals surface area contributed by atoms with Gasteiger partial charge in [-0.05, 0) is 57.3 Å². The molecule has 116 valence electrons. The Morgan fingerprint density at radius 2 is 2.19 bits per heavy atom. The second kappa shape index (κ2) is 6.32. The first-order chi connectivity index (χ1) is 10.2. The molecule has 2 unspecified atom stereocenters. The van der Waals surface area contributed by atoms with Gasteiger partial charge in [0.2, 0.25) is 0 Å². The Kier molecular flexibility index (Phi) is 4.45. The van der Waals surface area contributed by atoms with Gasteiger partial charge in [-0.15, -0.1) is 0 Å². The number of hydrogen-bond donors (Lipinski definition) is 1. The van der Waals surface area contributed by atoms with Crippen LogP contribution in [0, 0.1) is 6.92 Å². The molecular weight excluding hydrogens is 260 g/mol. The number of piperidine rings is 1. The van der Waals surface area contributed by atoms with E-state index in [1.54, 1.807) is 0 Å². The van der Waals surface area contributed by atoms with Gasteiger partial charge in [0.25, 0.3) is 0 Å². The summed E-state index contributed by atoms with van der Waals surface area (Å²) in [6.07, 6.45) is 7.02. The van der Waals surface area contributed by atoms with Crippen LogP contribution >= 0.6 is 0 Å². The second-order valence-electron chi connectivity index (χ2n) is 6.67. The van der Waals surface area contributed by atoms with Crippen LogP contribution in [-0.4, -0.2) is 48.1 Å². The average Bonchev–Trinajstić information content (AvgIpc) is 2.47. The summed E-state index contributed by atoms with van der Waals surface area (Å²) in [6.45, 7) is 8.80. The lowest BCUT2D eigenvalue weighted by Crippen LogP contribution is -2.59. The molecule has 0 aliphatic carbocycles. The summed E-state index contributed by atoms with van der Waals surface area (Å²) in [5.41, 5.74) is 8.18. The van der Waals surface area contributed by atoms with Crippen LogP contribution in [0.25, 0.3) is 0 Å². The average molecular weight is 288 g/mol. The first-order valence-corrected chi connectivity index (χ1v) is 8.35. The molecular formula is C17H28N4. The third-order valence-corrected chi connectivity index (χ3v) is 5.00. The molecule has 21 heavy (non-hydrogen) atoms. The summed E-state index contributed by atoms with van der Waals surface area (Å²) in [7, 11) is 0. The Balaban J connectivity index is 1.79. The van der Waals surface area contributed by atoms with Crippen LogP contribution < -0.4 is 10.6 Å². The van der Waals surface area contributed by atoms with Crippen LogP contribution in [-0.2, 0) is 6.42 Å². The van der Waals surface area contributed by atoms with Crippen molar-refractivity contribution in [2.45, 2.75) is 51.6 Å². The summed E-state index contributed by atoms with van der Waals surface area (Å²) in [5.74, 6) is 1.17. The number of nitrogens with zero attached hydrogens (tertiary/aromatic N) is 3. The fourth-order valence-corrected chi connectivity index (χ4v) is 3.88. The highest BCUT2D eigenvalue weighted by Gasteiger charge is 2.33. The van der Waals surface area contributed by atoms with Crippen molar-refractivity contribution in [3.05, 3.63) is 23.4 Å². The normalized spacial score (nSPS) is 26.7. The van der Waals surface area contributed by atoms with Crippen molar-refractivity contribution in [2.24, 2.45) is 5.73 Å². The van der Waals surface area contributed by atoms with Crippen molar-refractivity contribution in [3.8, 4) is 0 Å². The number of aryl methyl sites for hydroxylation is 1. The van der Waals surface area contributed by atoms with E-state index in [0.29, 0.717) is 12.6 Å². The topological polar surface area (TPSA) is 45.4 Å². The van der Waals surface area contributed by atoms with E-state index < -0.39 is 0 Å². The molecule has 1 aromatic rings. The summed E-state index contributed by atoms with van der Waals surface area (Å²) in [5, 5.41) is 0. The number of pyridine rings is 1. The second-order valence-corrected chi connectivity index (χ2v) is 6.67. The zero-order chi connectivity index (χ0) is 14.8. The van der Waals surface area contributed by atoms with Gasteiger partial charge in [0.15, 0.2) is 0 Å². The molecule has 0 amide bonds. The third kappa shape index (κ3) is 3.06. The zero-order valence-electron chi connectivity index (χ0n) is 13.4. The molecule has 3 heterocycles. The number of aromatic nitrogens is 1. The maximum absolute atomic E-state index is 5.64. The standard InChI is InChI=1S/C17H28N4/c1-13-9-15(6-7-18)10-19-17(13)21-12-16-5-3-4-8-20(16)11-14(21)2/h9-10,14,16H,3-8,11-12,18H2,1-2H3. The van der Waals surface area contributed by atoms with Gasteiger partial charge in [-0.1, -0.05) is 12.5 Å². The van der Waals surface area contributed by atoms with E-state index in [9.17, 15) is 0 Å². The van der Waals surface area contributed by atoms with Crippen LogP contribution in [0.1, 0.15) is 37.3 Å². The summed E-state index contributed by atoms with van der Waals surface area (Å²) in [6, 6.07) is 3.53. The van der Waals surface area contributed by atoms with Gasteiger partial charge in [0, 0.05) is 31.4 Å². The quantitative estimate of drug-likeness (QED) is 0.923. The lowest BCUT2D eigenvalue weighted by molar-refractivity contribution is 0.115. The molecule has 3 rings (SSSR count). The lowest BCUT2D eigenvalue weighted by Gasteiger charge is -2.48. The molecule has 0 aromatic carbocycles. The molecule has 1 aromatic heterocycles. The van der Waals surface area contributed by atoms with Crippen molar-refractivity contribution < 1.29 is 0 Å². The molecule has 4 nitrogen and oxygen atoms in total.